The molecule has 1 heterocycles. The van der Waals surface area contributed by atoms with Gasteiger partial charge in [0.15, 0.2) is 6.29 Å². The van der Waals surface area contributed by atoms with Crippen molar-refractivity contribution >= 4 is 10.5 Å². The van der Waals surface area contributed by atoms with Crippen molar-refractivity contribution in [3.8, 4) is 11.8 Å². The van der Waals surface area contributed by atoms with Crippen molar-refractivity contribution in [3.05, 3.63) is 0 Å². The van der Waals surface area contributed by atoms with E-state index in [0.717, 1.165) is 36.5 Å². The van der Waals surface area contributed by atoms with Crippen LogP contribution in [-0.4, -0.2) is 36.6 Å². The Morgan fingerprint density at radius 1 is 0.800 bits per heavy atom. The summed E-state index contributed by atoms with van der Waals surface area (Å²) in [5.41, 5.74) is 0. The quantitative estimate of drug-likeness (QED) is 0.242. The third-order valence-corrected chi connectivity index (χ3v) is 5.16. The van der Waals surface area contributed by atoms with E-state index in [1.807, 2.05) is 0 Å². The molecule has 0 saturated carbocycles. The van der Waals surface area contributed by atoms with E-state index in [0.29, 0.717) is 6.61 Å². The van der Waals surface area contributed by atoms with E-state index >= 15 is 0 Å². The van der Waals surface area contributed by atoms with Gasteiger partial charge in [-0.25, -0.2) is 0 Å². The number of hydrogen-bond donors (Lipinski definition) is 0. The van der Waals surface area contributed by atoms with Gasteiger partial charge in [0.1, 0.15) is 17.1 Å². The monoisotopic (exact) mass is 368 g/mol. The normalized spacial score (nSPS) is 17.4. The van der Waals surface area contributed by atoms with E-state index in [4.69, 9.17) is 13.9 Å². The Morgan fingerprint density at radius 2 is 1.44 bits per heavy atom. The summed E-state index contributed by atoms with van der Waals surface area (Å²) >= 11 is 0. The van der Waals surface area contributed by atoms with E-state index in [1.165, 1.54) is 83.5 Å². The Hall–Kier alpha value is -0.343. The first-order chi connectivity index (χ1) is 12.4. The minimum Gasteiger partial charge on any atom is -0.428 e. The molecule has 0 N–H and O–H groups in total. The van der Waals surface area contributed by atoms with Crippen molar-refractivity contribution in [2.24, 2.45) is 0 Å². The smallest absolute Gasteiger partial charge is 0.158 e. The molecule has 0 aliphatic carbocycles. The van der Waals surface area contributed by atoms with Crippen LogP contribution in [0.25, 0.3) is 0 Å². The van der Waals surface area contributed by atoms with Gasteiger partial charge in [-0.15, -0.1) is 5.92 Å². The van der Waals surface area contributed by atoms with Crippen LogP contribution in [0, 0.1) is 11.8 Å². The molecular formula is C21H40O3Si. The summed E-state index contributed by atoms with van der Waals surface area (Å²) in [6.07, 6.45) is 19.4. The fraction of sp³-hybridized carbons (Fsp3) is 0.905. The Balaban J connectivity index is 1.72. The fourth-order valence-corrected chi connectivity index (χ4v) is 3.46. The van der Waals surface area contributed by atoms with Crippen molar-refractivity contribution in [3.63, 3.8) is 0 Å². The van der Waals surface area contributed by atoms with Crippen LogP contribution in [-0.2, 0) is 13.9 Å². The lowest BCUT2D eigenvalue weighted by atomic mass is 10.1. The topological polar surface area (TPSA) is 27.7 Å². The molecule has 3 nitrogen and oxygen atoms in total. The Labute approximate surface area is 159 Å². The summed E-state index contributed by atoms with van der Waals surface area (Å²) in [6, 6.07) is 0. The van der Waals surface area contributed by atoms with Gasteiger partial charge in [-0.05, 0) is 32.1 Å². The molecule has 0 aromatic rings. The standard InChI is InChI=1S/C21H40O3Si/c25-24-20-15-12-10-8-6-4-2-1-3-5-7-9-11-14-18-22-21-17-13-16-19-23-21/h21H,1-10,12-13,15-20H2,25H3. The van der Waals surface area contributed by atoms with Gasteiger partial charge in [-0.3, -0.25) is 0 Å². The Kier molecular flexibility index (Phi) is 16.7. The highest BCUT2D eigenvalue weighted by molar-refractivity contribution is 5.97. The highest BCUT2D eigenvalue weighted by Crippen LogP contribution is 2.13. The molecule has 25 heavy (non-hydrogen) atoms. The second kappa shape index (κ2) is 18.4. The minimum atomic E-state index is -0.00472. The van der Waals surface area contributed by atoms with Crippen LogP contribution < -0.4 is 0 Å². The molecule has 1 unspecified atom stereocenters. The van der Waals surface area contributed by atoms with Gasteiger partial charge in [-0.1, -0.05) is 63.7 Å². The molecule has 1 saturated heterocycles. The largest absolute Gasteiger partial charge is 0.428 e. The zero-order chi connectivity index (χ0) is 17.8. The predicted molar refractivity (Wildman–Crippen MR) is 109 cm³/mol. The van der Waals surface area contributed by atoms with Crippen molar-refractivity contribution < 1.29 is 13.9 Å². The van der Waals surface area contributed by atoms with E-state index < -0.39 is 0 Å². The molecule has 1 aliphatic heterocycles. The van der Waals surface area contributed by atoms with Crippen LogP contribution in [0.5, 0.6) is 0 Å². The lowest BCUT2D eigenvalue weighted by Gasteiger charge is -2.21. The second-order valence-electron chi connectivity index (χ2n) is 7.09. The summed E-state index contributed by atoms with van der Waals surface area (Å²) in [4.78, 5) is 0. The molecule has 1 rings (SSSR count). The fourth-order valence-electron chi connectivity index (χ4n) is 3.17. The van der Waals surface area contributed by atoms with E-state index in [1.54, 1.807) is 0 Å². The Bertz CT molecular complexity index is 332. The minimum absolute atomic E-state index is 0.00472. The molecule has 4 heteroatoms. The molecule has 1 aliphatic rings. The zero-order valence-electron chi connectivity index (χ0n) is 16.5. The van der Waals surface area contributed by atoms with Crippen LogP contribution in [0.15, 0.2) is 0 Å². The molecule has 0 aromatic carbocycles. The van der Waals surface area contributed by atoms with Gasteiger partial charge in [0.05, 0.1) is 0 Å². The van der Waals surface area contributed by atoms with Gasteiger partial charge < -0.3 is 13.9 Å². The van der Waals surface area contributed by atoms with Crippen LogP contribution in [0.2, 0.25) is 0 Å². The van der Waals surface area contributed by atoms with E-state index in [9.17, 15) is 0 Å². The molecule has 0 aromatic heterocycles. The maximum Gasteiger partial charge on any atom is 0.158 e. The first-order valence-electron chi connectivity index (χ1n) is 10.6. The van der Waals surface area contributed by atoms with E-state index in [-0.39, 0.29) is 6.29 Å². The van der Waals surface area contributed by atoms with Crippen molar-refractivity contribution in [1.82, 2.24) is 0 Å². The van der Waals surface area contributed by atoms with Gasteiger partial charge in [0, 0.05) is 19.6 Å². The summed E-state index contributed by atoms with van der Waals surface area (Å²) in [5.74, 6) is 6.35. The molecule has 1 fully saturated rings. The average molecular weight is 369 g/mol. The van der Waals surface area contributed by atoms with E-state index in [2.05, 4.69) is 11.8 Å². The summed E-state index contributed by atoms with van der Waals surface area (Å²) in [5, 5.41) is 0. The van der Waals surface area contributed by atoms with Crippen molar-refractivity contribution in [1.29, 1.82) is 0 Å². The van der Waals surface area contributed by atoms with Crippen LogP contribution >= 0.6 is 0 Å². The maximum absolute atomic E-state index is 5.60. The van der Waals surface area contributed by atoms with Crippen LogP contribution in [0.4, 0.5) is 0 Å². The number of ether oxygens (including phenoxy) is 2. The number of rotatable bonds is 15. The van der Waals surface area contributed by atoms with Crippen molar-refractivity contribution in [2.75, 3.05) is 19.8 Å². The number of hydrogen-bond acceptors (Lipinski definition) is 3. The van der Waals surface area contributed by atoms with Gasteiger partial charge in [0.2, 0.25) is 0 Å². The molecule has 0 spiro atoms. The number of unbranched alkanes of at least 4 members (excludes halogenated alkanes) is 11. The third kappa shape index (κ3) is 15.6. The highest BCUT2D eigenvalue weighted by Gasteiger charge is 2.12. The third-order valence-electron chi connectivity index (χ3n) is 4.75. The summed E-state index contributed by atoms with van der Waals surface area (Å²) in [7, 11) is 0.894. The predicted octanol–water partition coefficient (Wildman–Crippen LogP) is 4.51. The Morgan fingerprint density at radius 3 is 2.04 bits per heavy atom. The second-order valence-corrected chi connectivity index (χ2v) is 7.67. The molecule has 0 radical (unpaired) electrons. The lowest BCUT2D eigenvalue weighted by molar-refractivity contribution is -0.154. The van der Waals surface area contributed by atoms with Crippen molar-refractivity contribution in [2.45, 2.75) is 103 Å². The zero-order valence-corrected chi connectivity index (χ0v) is 18.5. The van der Waals surface area contributed by atoms with Gasteiger partial charge >= 0.3 is 0 Å². The molecular weight excluding hydrogens is 328 g/mol. The molecule has 0 bridgehead atoms. The molecule has 1 atom stereocenters. The van der Waals surface area contributed by atoms with Crippen LogP contribution in [0.3, 0.4) is 0 Å². The maximum atomic E-state index is 5.60. The summed E-state index contributed by atoms with van der Waals surface area (Å²) < 4.78 is 16.3. The summed E-state index contributed by atoms with van der Waals surface area (Å²) in [6.45, 7) is 2.35. The van der Waals surface area contributed by atoms with Gasteiger partial charge in [-0.2, -0.15) is 0 Å². The first kappa shape index (κ1) is 22.7. The van der Waals surface area contributed by atoms with Crippen LogP contribution in [0.1, 0.15) is 96.3 Å². The first-order valence-corrected chi connectivity index (χ1v) is 11.4. The lowest BCUT2D eigenvalue weighted by Crippen LogP contribution is -2.22. The molecule has 146 valence electrons. The molecule has 0 amide bonds. The highest BCUT2D eigenvalue weighted by atomic mass is 28.2. The average Bonchev–Trinajstić information content (AvgIpc) is 2.65. The van der Waals surface area contributed by atoms with Gasteiger partial charge in [0.25, 0.3) is 0 Å². The SMILES string of the molecule is [SiH3]OCCCCCCCCCCCCCC#CCOC1CCCCO1.